The number of hydrogen-bond acceptors (Lipinski definition) is 4. The normalized spacial score (nSPS) is 12.4. The molecule has 1 aliphatic rings. The first-order chi connectivity index (χ1) is 13.3. The highest BCUT2D eigenvalue weighted by Crippen LogP contribution is 2.35. The van der Waals surface area contributed by atoms with E-state index in [4.69, 9.17) is 9.47 Å². The number of anilines is 1. The number of nitrogens with one attached hydrogen (secondary N) is 1. The summed E-state index contributed by atoms with van der Waals surface area (Å²) in [6, 6.07) is 9.45. The number of para-hydroxylation sites is 1. The number of ether oxygens (including phenoxy) is 2. The summed E-state index contributed by atoms with van der Waals surface area (Å²) >= 11 is 3.48. The number of amides is 2. The van der Waals surface area contributed by atoms with Gasteiger partial charge in [-0.1, -0.05) is 34.1 Å². The zero-order valence-corrected chi connectivity index (χ0v) is 17.8. The fourth-order valence-corrected chi connectivity index (χ4v) is 3.50. The molecule has 0 aromatic heterocycles. The summed E-state index contributed by atoms with van der Waals surface area (Å²) < 4.78 is 11.9. The molecule has 0 saturated carbocycles. The molecule has 0 spiro atoms. The molecular weight excluding hydrogens is 424 g/mol. The highest BCUT2D eigenvalue weighted by molar-refractivity contribution is 9.10. The first kappa shape index (κ1) is 20.2. The summed E-state index contributed by atoms with van der Waals surface area (Å²) in [6.45, 7) is 4.86. The van der Waals surface area contributed by atoms with Gasteiger partial charge in [-0.15, -0.1) is 0 Å². The van der Waals surface area contributed by atoms with E-state index in [0.717, 1.165) is 26.9 Å². The van der Waals surface area contributed by atoms with Crippen LogP contribution in [0.3, 0.4) is 0 Å². The Hall–Kier alpha value is -2.54. The molecular formula is C21H23BrN2O4. The Bertz CT molecular complexity index is 893. The lowest BCUT2D eigenvalue weighted by Crippen LogP contribution is -2.36. The maximum atomic E-state index is 12.6. The Morgan fingerprint density at radius 1 is 1.11 bits per heavy atom. The van der Waals surface area contributed by atoms with E-state index in [0.29, 0.717) is 24.7 Å². The second-order valence-corrected chi connectivity index (χ2v) is 7.68. The number of benzene rings is 2. The number of fused-ring (bicyclic) bond motifs is 1. The average molecular weight is 447 g/mol. The van der Waals surface area contributed by atoms with Crippen molar-refractivity contribution in [3.05, 3.63) is 51.5 Å². The summed E-state index contributed by atoms with van der Waals surface area (Å²) in [5.41, 5.74) is 3.56. The Kier molecular flexibility index (Phi) is 6.24. The van der Waals surface area contributed by atoms with Gasteiger partial charge in [-0.25, -0.2) is 0 Å². The second-order valence-electron chi connectivity index (χ2n) is 6.83. The van der Waals surface area contributed by atoms with Crippen LogP contribution in [0.5, 0.6) is 11.5 Å². The Labute approximate surface area is 172 Å². The predicted molar refractivity (Wildman–Crippen MR) is 111 cm³/mol. The van der Waals surface area contributed by atoms with E-state index in [1.165, 1.54) is 4.90 Å². The lowest BCUT2D eigenvalue weighted by molar-refractivity contribution is -0.132. The molecule has 148 valence electrons. The fraction of sp³-hybridized carbons (Fsp3) is 0.333. The molecule has 7 heteroatoms. The summed E-state index contributed by atoms with van der Waals surface area (Å²) in [5, 5.41) is 2.90. The molecule has 6 nitrogen and oxygen atoms in total. The number of rotatable bonds is 5. The third-order valence-corrected chi connectivity index (χ3v) is 5.34. The first-order valence-corrected chi connectivity index (χ1v) is 9.82. The molecule has 2 aromatic carbocycles. The van der Waals surface area contributed by atoms with Crippen molar-refractivity contribution in [2.24, 2.45) is 0 Å². The van der Waals surface area contributed by atoms with Gasteiger partial charge in [0.05, 0.1) is 13.0 Å². The van der Waals surface area contributed by atoms with Crippen LogP contribution in [0.1, 0.15) is 16.7 Å². The van der Waals surface area contributed by atoms with Crippen molar-refractivity contribution >= 4 is 33.4 Å². The topological polar surface area (TPSA) is 67.9 Å². The van der Waals surface area contributed by atoms with Crippen LogP contribution in [0.25, 0.3) is 0 Å². The van der Waals surface area contributed by atoms with Gasteiger partial charge < -0.3 is 19.7 Å². The minimum absolute atomic E-state index is 0.0191. The zero-order chi connectivity index (χ0) is 20.3. The molecule has 0 bridgehead atoms. The van der Waals surface area contributed by atoms with E-state index >= 15 is 0 Å². The van der Waals surface area contributed by atoms with Crippen LogP contribution in [-0.2, 0) is 16.0 Å². The summed E-state index contributed by atoms with van der Waals surface area (Å²) in [5.74, 6) is 0.909. The van der Waals surface area contributed by atoms with Crippen LogP contribution in [0.2, 0.25) is 0 Å². The average Bonchev–Trinajstić information content (AvgIpc) is 2.65. The number of carbonyl (C=O) groups excluding carboxylic acids is 2. The molecule has 0 unspecified atom stereocenters. The maximum Gasteiger partial charge on any atom is 0.243 e. The van der Waals surface area contributed by atoms with Crippen LogP contribution >= 0.6 is 15.9 Å². The lowest BCUT2D eigenvalue weighted by atomic mass is 10.1. The lowest BCUT2D eigenvalue weighted by Gasteiger charge is -2.21. The van der Waals surface area contributed by atoms with Gasteiger partial charge in [-0.05, 0) is 42.7 Å². The van der Waals surface area contributed by atoms with Crippen LogP contribution < -0.4 is 14.8 Å². The third-order valence-electron chi connectivity index (χ3n) is 4.60. The standard InChI is InChI=1S/C21H23BrN2O4/c1-13-5-4-6-14(2)21(13)23-19(25)12-24(3)20(26)10-15-9-17-18(11-16(15)22)28-8-7-27-17/h4-6,9,11H,7-8,10,12H2,1-3H3,(H,23,25). The molecule has 28 heavy (non-hydrogen) atoms. The summed E-state index contributed by atoms with van der Waals surface area (Å²) in [7, 11) is 1.62. The molecule has 1 aliphatic heterocycles. The zero-order valence-electron chi connectivity index (χ0n) is 16.2. The van der Waals surface area contributed by atoms with Gasteiger partial charge in [0, 0.05) is 17.2 Å². The SMILES string of the molecule is Cc1cccc(C)c1NC(=O)CN(C)C(=O)Cc1cc2c(cc1Br)OCCO2. The van der Waals surface area contributed by atoms with Gasteiger partial charge in [0.15, 0.2) is 11.5 Å². The van der Waals surface area contributed by atoms with E-state index in [-0.39, 0.29) is 24.8 Å². The number of halogens is 1. The number of nitrogens with zero attached hydrogens (tertiary/aromatic N) is 1. The van der Waals surface area contributed by atoms with E-state index in [9.17, 15) is 9.59 Å². The number of carbonyl (C=O) groups is 2. The van der Waals surface area contributed by atoms with E-state index in [2.05, 4.69) is 21.2 Å². The summed E-state index contributed by atoms with van der Waals surface area (Å²) in [6.07, 6.45) is 0.157. The second kappa shape index (κ2) is 8.65. The monoisotopic (exact) mass is 446 g/mol. The molecule has 0 atom stereocenters. The largest absolute Gasteiger partial charge is 0.486 e. The Morgan fingerprint density at radius 2 is 1.71 bits per heavy atom. The van der Waals surface area contributed by atoms with Gasteiger partial charge in [-0.2, -0.15) is 0 Å². The highest BCUT2D eigenvalue weighted by atomic mass is 79.9. The molecule has 1 N–H and O–H groups in total. The molecule has 3 rings (SSSR count). The quantitative estimate of drug-likeness (QED) is 0.763. The fourth-order valence-electron chi connectivity index (χ4n) is 3.03. The van der Waals surface area contributed by atoms with Gasteiger partial charge in [-0.3, -0.25) is 9.59 Å². The van der Waals surface area contributed by atoms with Gasteiger partial charge >= 0.3 is 0 Å². The molecule has 2 aromatic rings. The summed E-state index contributed by atoms with van der Waals surface area (Å²) in [4.78, 5) is 26.4. The number of hydrogen-bond donors (Lipinski definition) is 1. The minimum atomic E-state index is -0.227. The van der Waals surface area contributed by atoms with Gasteiger partial charge in [0.25, 0.3) is 0 Å². The van der Waals surface area contributed by atoms with Crippen molar-refractivity contribution in [3.63, 3.8) is 0 Å². The van der Waals surface area contributed by atoms with E-state index in [1.54, 1.807) is 13.1 Å². The van der Waals surface area contributed by atoms with Crippen molar-refractivity contribution in [1.29, 1.82) is 0 Å². The van der Waals surface area contributed by atoms with Crippen LogP contribution in [-0.4, -0.2) is 43.5 Å². The molecule has 0 radical (unpaired) electrons. The van der Waals surface area contributed by atoms with Crippen molar-refractivity contribution in [1.82, 2.24) is 4.90 Å². The Morgan fingerprint density at radius 3 is 2.36 bits per heavy atom. The van der Waals surface area contributed by atoms with Crippen molar-refractivity contribution in [2.45, 2.75) is 20.3 Å². The molecule has 1 heterocycles. The smallest absolute Gasteiger partial charge is 0.243 e. The van der Waals surface area contributed by atoms with Gasteiger partial charge in [0.2, 0.25) is 11.8 Å². The number of aryl methyl sites for hydroxylation is 2. The van der Waals surface area contributed by atoms with Gasteiger partial charge in [0.1, 0.15) is 13.2 Å². The van der Waals surface area contributed by atoms with Crippen molar-refractivity contribution in [3.8, 4) is 11.5 Å². The van der Waals surface area contributed by atoms with E-state index in [1.807, 2.05) is 38.1 Å². The van der Waals surface area contributed by atoms with Crippen LogP contribution in [0.4, 0.5) is 5.69 Å². The highest BCUT2D eigenvalue weighted by Gasteiger charge is 2.19. The molecule has 0 saturated heterocycles. The first-order valence-electron chi connectivity index (χ1n) is 9.03. The van der Waals surface area contributed by atoms with E-state index < -0.39 is 0 Å². The number of likely N-dealkylation sites (N-methyl/N-ethyl adjacent to an activating group) is 1. The molecule has 0 fully saturated rings. The van der Waals surface area contributed by atoms with Crippen molar-refractivity contribution in [2.75, 3.05) is 32.1 Å². The van der Waals surface area contributed by atoms with Crippen LogP contribution in [0.15, 0.2) is 34.8 Å². The maximum absolute atomic E-state index is 12.6. The Balaban J connectivity index is 1.62. The molecule has 2 amide bonds. The molecule has 0 aliphatic carbocycles. The van der Waals surface area contributed by atoms with Crippen molar-refractivity contribution < 1.29 is 19.1 Å². The van der Waals surface area contributed by atoms with Crippen LogP contribution in [0, 0.1) is 13.8 Å². The predicted octanol–water partition coefficient (Wildman–Crippen LogP) is 3.48. The third kappa shape index (κ3) is 4.65. The minimum Gasteiger partial charge on any atom is -0.486 e.